The Hall–Kier alpha value is -1.45. The molecule has 1 heterocycles. The first kappa shape index (κ1) is 15.9. The summed E-state index contributed by atoms with van der Waals surface area (Å²) in [5.74, 6) is -0.587. The average Bonchev–Trinajstić information content (AvgIpc) is 2.42. The first-order chi connectivity index (χ1) is 9.88. The van der Waals surface area contributed by atoms with Crippen molar-refractivity contribution in [2.24, 2.45) is 0 Å². The molecule has 9 heteroatoms. The Labute approximate surface area is 142 Å². The van der Waals surface area contributed by atoms with Crippen molar-refractivity contribution < 1.29 is 9.72 Å². The molecular weight excluding hydrogens is 432 g/mol. The van der Waals surface area contributed by atoms with Crippen LogP contribution in [0.4, 0.5) is 11.4 Å². The Morgan fingerprint density at radius 2 is 2.05 bits per heavy atom. The van der Waals surface area contributed by atoms with Crippen molar-refractivity contribution >= 4 is 63.1 Å². The second kappa shape index (κ2) is 6.54. The highest BCUT2D eigenvalue weighted by Crippen LogP contribution is 2.25. The van der Waals surface area contributed by atoms with Gasteiger partial charge in [-0.2, -0.15) is 0 Å². The predicted molar refractivity (Wildman–Crippen MR) is 88.0 cm³/mol. The number of nitro groups is 1. The van der Waals surface area contributed by atoms with Crippen LogP contribution in [0, 0.1) is 13.7 Å². The highest BCUT2D eigenvalue weighted by molar-refractivity contribution is 14.1. The number of benzene rings is 1. The van der Waals surface area contributed by atoms with E-state index in [2.05, 4.69) is 10.3 Å². The lowest BCUT2D eigenvalue weighted by Crippen LogP contribution is -2.14. The van der Waals surface area contributed by atoms with Gasteiger partial charge in [0, 0.05) is 14.7 Å². The number of nitrogens with zero attached hydrogens (tertiary/aromatic N) is 2. The SMILES string of the molecule is O=C(Nc1ccc(Cl)cc1I)c1cc([N+](=O)[O-])cnc1Cl. The fraction of sp³-hybridized carbons (Fsp3) is 0. The van der Waals surface area contributed by atoms with Crippen LogP contribution < -0.4 is 5.32 Å². The fourth-order valence-electron chi connectivity index (χ4n) is 1.48. The zero-order valence-corrected chi connectivity index (χ0v) is 13.8. The highest BCUT2D eigenvalue weighted by atomic mass is 127. The summed E-state index contributed by atoms with van der Waals surface area (Å²) in [7, 11) is 0. The quantitative estimate of drug-likeness (QED) is 0.338. The molecule has 2 rings (SSSR count). The molecule has 0 saturated heterocycles. The van der Waals surface area contributed by atoms with Crippen molar-refractivity contribution in [3.63, 3.8) is 0 Å². The Morgan fingerprint density at radius 1 is 1.33 bits per heavy atom. The van der Waals surface area contributed by atoms with Crippen molar-refractivity contribution in [2.75, 3.05) is 5.32 Å². The third kappa shape index (κ3) is 3.80. The third-order valence-corrected chi connectivity index (χ3v) is 3.89. The first-order valence-electron chi connectivity index (χ1n) is 5.45. The number of nitrogens with one attached hydrogen (secondary N) is 1. The minimum absolute atomic E-state index is 0.0726. The van der Waals surface area contributed by atoms with Crippen molar-refractivity contribution in [3.8, 4) is 0 Å². The molecule has 0 fully saturated rings. The van der Waals surface area contributed by atoms with Crippen LogP contribution in [-0.2, 0) is 0 Å². The lowest BCUT2D eigenvalue weighted by Gasteiger charge is -2.08. The van der Waals surface area contributed by atoms with Gasteiger partial charge in [-0.05, 0) is 40.8 Å². The number of anilines is 1. The molecule has 21 heavy (non-hydrogen) atoms. The molecule has 108 valence electrons. The summed E-state index contributed by atoms with van der Waals surface area (Å²) in [6.07, 6.45) is 0.991. The third-order valence-electron chi connectivity index (χ3n) is 2.46. The first-order valence-corrected chi connectivity index (χ1v) is 7.28. The van der Waals surface area contributed by atoms with E-state index in [0.29, 0.717) is 10.7 Å². The van der Waals surface area contributed by atoms with Gasteiger partial charge in [0.2, 0.25) is 0 Å². The summed E-state index contributed by atoms with van der Waals surface area (Å²) in [5, 5.41) is 13.7. The Morgan fingerprint density at radius 3 is 2.67 bits per heavy atom. The Balaban J connectivity index is 2.32. The minimum Gasteiger partial charge on any atom is -0.321 e. The summed E-state index contributed by atoms with van der Waals surface area (Å²) in [6, 6.07) is 5.99. The van der Waals surface area contributed by atoms with Gasteiger partial charge < -0.3 is 5.32 Å². The molecule has 1 aromatic heterocycles. The number of halogens is 3. The van der Waals surface area contributed by atoms with E-state index in [-0.39, 0.29) is 16.4 Å². The molecule has 0 aliphatic rings. The second-order valence-electron chi connectivity index (χ2n) is 3.87. The van der Waals surface area contributed by atoms with Gasteiger partial charge in [0.25, 0.3) is 11.6 Å². The number of carbonyl (C=O) groups is 1. The zero-order chi connectivity index (χ0) is 15.6. The maximum absolute atomic E-state index is 12.2. The van der Waals surface area contributed by atoms with Crippen LogP contribution in [0.15, 0.2) is 30.5 Å². The minimum atomic E-state index is -0.647. The molecule has 2 aromatic rings. The molecule has 1 N–H and O–H groups in total. The standard InChI is InChI=1S/C12H6Cl2IN3O3/c13-6-1-2-10(9(15)3-6)17-12(19)8-4-7(18(20)21)5-16-11(8)14/h1-5H,(H,17,19). The molecule has 0 aliphatic heterocycles. The van der Waals surface area contributed by atoms with Crippen molar-refractivity contribution in [3.05, 3.63) is 59.9 Å². The lowest BCUT2D eigenvalue weighted by molar-refractivity contribution is -0.385. The van der Waals surface area contributed by atoms with Gasteiger partial charge in [-0.3, -0.25) is 14.9 Å². The van der Waals surface area contributed by atoms with Crippen LogP contribution in [-0.4, -0.2) is 15.8 Å². The molecule has 0 aliphatic carbocycles. The molecule has 0 saturated carbocycles. The van der Waals surface area contributed by atoms with E-state index in [1.807, 2.05) is 22.6 Å². The largest absolute Gasteiger partial charge is 0.321 e. The number of rotatable bonds is 3. The molecule has 1 aromatic carbocycles. The molecule has 0 spiro atoms. The van der Waals surface area contributed by atoms with E-state index >= 15 is 0 Å². The summed E-state index contributed by atoms with van der Waals surface area (Å²) >= 11 is 13.6. The smallest absolute Gasteiger partial charge is 0.288 e. The molecule has 0 radical (unpaired) electrons. The summed E-state index contributed by atoms with van der Waals surface area (Å²) in [4.78, 5) is 25.9. The van der Waals surface area contributed by atoms with Crippen LogP contribution in [0.1, 0.15) is 10.4 Å². The van der Waals surface area contributed by atoms with Gasteiger partial charge in [0.1, 0.15) is 11.3 Å². The van der Waals surface area contributed by atoms with Crippen LogP contribution in [0.25, 0.3) is 0 Å². The van der Waals surface area contributed by atoms with Crippen LogP contribution in [0.5, 0.6) is 0 Å². The van der Waals surface area contributed by atoms with Crippen LogP contribution in [0.2, 0.25) is 10.2 Å². The molecular formula is C12H6Cl2IN3O3. The second-order valence-corrected chi connectivity index (χ2v) is 5.82. The van der Waals surface area contributed by atoms with Gasteiger partial charge in [-0.15, -0.1) is 0 Å². The van der Waals surface area contributed by atoms with Crippen molar-refractivity contribution in [1.82, 2.24) is 4.98 Å². The van der Waals surface area contributed by atoms with Gasteiger partial charge in [0.05, 0.1) is 16.2 Å². The molecule has 1 amide bonds. The number of carbonyl (C=O) groups excluding carboxylic acids is 1. The van der Waals surface area contributed by atoms with E-state index in [9.17, 15) is 14.9 Å². The molecule has 0 unspecified atom stereocenters. The Bertz CT molecular complexity index is 740. The summed E-state index contributed by atoms with van der Waals surface area (Å²) in [5.41, 5.74) is 0.138. The van der Waals surface area contributed by atoms with Gasteiger partial charge in [0.15, 0.2) is 0 Å². The Kier molecular flexibility index (Phi) is 4.96. The maximum atomic E-state index is 12.2. The average molecular weight is 438 g/mol. The van der Waals surface area contributed by atoms with E-state index in [1.165, 1.54) is 0 Å². The predicted octanol–water partition coefficient (Wildman–Crippen LogP) is 4.15. The topological polar surface area (TPSA) is 85.1 Å². The fourth-order valence-corrected chi connectivity index (χ4v) is 2.67. The number of aromatic nitrogens is 1. The van der Waals surface area contributed by atoms with Crippen molar-refractivity contribution in [2.45, 2.75) is 0 Å². The number of amides is 1. The maximum Gasteiger partial charge on any atom is 0.288 e. The van der Waals surface area contributed by atoms with Gasteiger partial charge in [-0.25, -0.2) is 4.98 Å². The lowest BCUT2D eigenvalue weighted by atomic mass is 10.2. The molecule has 0 bridgehead atoms. The number of hydrogen-bond donors (Lipinski definition) is 1. The van der Waals surface area contributed by atoms with Gasteiger partial charge in [-0.1, -0.05) is 23.2 Å². The van der Waals surface area contributed by atoms with Crippen LogP contribution in [0.3, 0.4) is 0 Å². The van der Waals surface area contributed by atoms with Crippen molar-refractivity contribution in [1.29, 1.82) is 0 Å². The number of pyridine rings is 1. The summed E-state index contributed by atoms with van der Waals surface area (Å²) in [6.45, 7) is 0. The van der Waals surface area contributed by atoms with E-state index < -0.39 is 10.8 Å². The van der Waals surface area contributed by atoms with Gasteiger partial charge >= 0.3 is 0 Å². The van der Waals surface area contributed by atoms with E-state index in [0.717, 1.165) is 15.8 Å². The van der Waals surface area contributed by atoms with Crippen LogP contribution >= 0.6 is 45.8 Å². The number of hydrogen-bond acceptors (Lipinski definition) is 4. The van der Waals surface area contributed by atoms with E-state index in [1.54, 1.807) is 18.2 Å². The molecule has 0 atom stereocenters. The molecule has 6 nitrogen and oxygen atoms in total. The monoisotopic (exact) mass is 437 g/mol. The van der Waals surface area contributed by atoms with E-state index in [4.69, 9.17) is 23.2 Å². The summed E-state index contributed by atoms with van der Waals surface area (Å²) < 4.78 is 0.725. The highest BCUT2D eigenvalue weighted by Gasteiger charge is 2.18. The normalized spacial score (nSPS) is 10.2. The zero-order valence-electron chi connectivity index (χ0n) is 10.1.